The topological polar surface area (TPSA) is 16.1 Å². The second kappa shape index (κ2) is 4.25. The van der Waals surface area contributed by atoms with E-state index in [0.29, 0.717) is 10.8 Å². The fourth-order valence-corrected chi connectivity index (χ4v) is 3.58. The van der Waals surface area contributed by atoms with Crippen molar-refractivity contribution >= 4 is 5.69 Å². The molecule has 0 radical (unpaired) electrons. The van der Waals surface area contributed by atoms with Crippen LogP contribution in [0, 0.1) is 10.8 Å². The molecule has 3 rings (SSSR count). The fraction of sp³-hybridized carbons (Fsp3) is 0.688. The van der Waals surface area contributed by atoms with E-state index >= 15 is 0 Å². The van der Waals surface area contributed by atoms with Gasteiger partial charge in [-0.15, -0.1) is 0 Å². The fourth-order valence-electron chi connectivity index (χ4n) is 3.58. The third-order valence-electron chi connectivity index (χ3n) is 5.13. The molecular weight excluding hydrogens is 220 g/mol. The molecule has 18 heavy (non-hydrogen) atoms. The summed E-state index contributed by atoms with van der Waals surface area (Å²) in [6.07, 6.45) is 10.8. The third kappa shape index (κ3) is 2.25. The zero-order valence-electron chi connectivity index (χ0n) is 11.7. The second-order valence-corrected chi connectivity index (χ2v) is 7.04. The Hall–Kier alpha value is -1.05. The molecule has 98 valence electrons. The number of pyridine rings is 1. The normalized spacial score (nSPS) is 25.6. The Morgan fingerprint density at radius 2 is 1.67 bits per heavy atom. The van der Waals surface area contributed by atoms with Crippen molar-refractivity contribution in [2.45, 2.75) is 46.0 Å². The average molecular weight is 244 g/mol. The second-order valence-electron chi connectivity index (χ2n) is 7.04. The zero-order valence-corrected chi connectivity index (χ0v) is 11.7. The minimum absolute atomic E-state index is 0.579. The van der Waals surface area contributed by atoms with Crippen molar-refractivity contribution in [3.05, 3.63) is 24.5 Å². The van der Waals surface area contributed by atoms with Crippen molar-refractivity contribution in [3.8, 4) is 0 Å². The molecule has 1 spiro atoms. The van der Waals surface area contributed by atoms with Gasteiger partial charge < -0.3 is 4.90 Å². The standard InChI is InChI=1S/C16H24N2/c1-15(2)5-7-16(8-6-15)9-12-18(13-16)14-3-10-17-11-4-14/h3-4,10-11H,5-9,12-13H2,1-2H3. The molecule has 2 heterocycles. The van der Waals surface area contributed by atoms with E-state index in [0.717, 1.165) is 0 Å². The number of aromatic nitrogens is 1. The van der Waals surface area contributed by atoms with Gasteiger partial charge in [0, 0.05) is 31.2 Å². The average Bonchev–Trinajstić information content (AvgIpc) is 2.80. The molecule has 1 saturated heterocycles. The quantitative estimate of drug-likeness (QED) is 0.745. The Balaban J connectivity index is 1.69. The number of hydrogen-bond acceptors (Lipinski definition) is 2. The van der Waals surface area contributed by atoms with E-state index in [-0.39, 0.29) is 0 Å². The van der Waals surface area contributed by atoms with Crippen LogP contribution in [0.2, 0.25) is 0 Å². The summed E-state index contributed by atoms with van der Waals surface area (Å²) >= 11 is 0. The molecule has 0 N–H and O–H groups in total. The van der Waals surface area contributed by atoms with Gasteiger partial charge in [-0.05, 0) is 55.1 Å². The summed E-state index contributed by atoms with van der Waals surface area (Å²) in [5.74, 6) is 0. The van der Waals surface area contributed by atoms with Gasteiger partial charge in [0.05, 0.1) is 0 Å². The van der Waals surface area contributed by atoms with Gasteiger partial charge >= 0.3 is 0 Å². The summed E-state index contributed by atoms with van der Waals surface area (Å²) < 4.78 is 0. The zero-order chi connectivity index (χ0) is 12.6. The smallest absolute Gasteiger partial charge is 0.0397 e. The van der Waals surface area contributed by atoms with Crippen LogP contribution in [0.15, 0.2) is 24.5 Å². The third-order valence-corrected chi connectivity index (χ3v) is 5.13. The number of rotatable bonds is 1. The van der Waals surface area contributed by atoms with E-state index in [2.05, 4.69) is 35.9 Å². The molecule has 0 atom stereocenters. The SMILES string of the molecule is CC1(C)CCC2(CCN(c3ccncc3)C2)CC1. The molecule has 2 aliphatic rings. The molecule has 2 fully saturated rings. The van der Waals surface area contributed by atoms with Crippen LogP contribution >= 0.6 is 0 Å². The van der Waals surface area contributed by atoms with Crippen molar-refractivity contribution < 1.29 is 0 Å². The Labute approximate surface area is 110 Å². The lowest BCUT2D eigenvalue weighted by atomic mass is 9.65. The highest BCUT2D eigenvalue weighted by atomic mass is 15.2. The van der Waals surface area contributed by atoms with Gasteiger partial charge in [0.15, 0.2) is 0 Å². The van der Waals surface area contributed by atoms with Crippen LogP contribution < -0.4 is 4.90 Å². The lowest BCUT2D eigenvalue weighted by Gasteiger charge is -2.41. The minimum atomic E-state index is 0.579. The number of anilines is 1. The monoisotopic (exact) mass is 244 g/mol. The van der Waals surface area contributed by atoms with Gasteiger partial charge in [-0.3, -0.25) is 4.98 Å². The van der Waals surface area contributed by atoms with Gasteiger partial charge in [-0.2, -0.15) is 0 Å². The Kier molecular flexibility index (Phi) is 2.84. The summed E-state index contributed by atoms with van der Waals surface area (Å²) in [7, 11) is 0. The van der Waals surface area contributed by atoms with Gasteiger partial charge in [-0.1, -0.05) is 13.8 Å². The first-order valence-corrected chi connectivity index (χ1v) is 7.24. The van der Waals surface area contributed by atoms with Crippen LogP contribution in [0.3, 0.4) is 0 Å². The van der Waals surface area contributed by atoms with Gasteiger partial charge in [-0.25, -0.2) is 0 Å². The first kappa shape index (κ1) is 12.0. The first-order chi connectivity index (χ1) is 8.59. The van der Waals surface area contributed by atoms with Crippen LogP contribution in [0.25, 0.3) is 0 Å². The largest absolute Gasteiger partial charge is 0.371 e. The molecule has 0 bridgehead atoms. The van der Waals surface area contributed by atoms with Gasteiger partial charge in [0.25, 0.3) is 0 Å². The molecular formula is C16H24N2. The van der Waals surface area contributed by atoms with Crippen molar-refractivity contribution in [2.24, 2.45) is 10.8 Å². The van der Waals surface area contributed by atoms with E-state index in [4.69, 9.17) is 0 Å². The maximum Gasteiger partial charge on any atom is 0.0397 e. The Bertz CT molecular complexity index is 400. The lowest BCUT2D eigenvalue weighted by Crippen LogP contribution is -2.34. The molecule has 0 unspecified atom stereocenters. The maximum atomic E-state index is 4.11. The van der Waals surface area contributed by atoms with E-state index in [1.165, 1.54) is 50.9 Å². The van der Waals surface area contributed by atoms with Gasteiger partial charge in [0.2, 0.25) is 0 Å². The number of nitrogens with zero attached hydrogens (tertiary/aromatic N) is 2. The van der Waals surface area contributed by atoms with Crippen molar-refractivity contribution in [3.63, 3.8) is 0 Å². The highest BCUT2D eigenvalue weighted by molar-refractivity contribution is 5.46. The van der Waals surface area contributed by atoms with E-state index < -0.39 is 0 Å². The summed E-state index contributed by atoms with van der Waals surface area (Å²) in [4.78, 5) is 6.67. The van der Waals surface area contributed by atoms with Crippen molar-refractivity contribution in [2.75, 3.05) is 18.0 Å². The van der Waals surface area contributed by atoms with Gasteiger partial charge in [0.1, 0.15) is 0 Å². The van der Waals surface area contributed by atoms with E-state index in [9.17, 15) is 0 Å². The molecule has 0 amide bonds. The first-order valence-electron chi connectivity index (χ1n) is 7.24. The summed E-state index contributed by atoms with van der Waals surface area (Å²) in [5.41, 5.74) is 2.54. The van der Waals surface area contributed by atoms with Crippen LogP contribution in [0.5, 0.6) is 0 Å². The lowest BCUT2D eigenvalue weighted by molar-refractivity contribution is 0.119. The summed E-state index contributed by atoms with van der Waals surface area (Å²) in [5, 5.41) is 0. The maximum absolute atomic E-state index is 4.11. The predicted molar refractivity (Wildman–Crippen MR) is 75.7 cm³/mol. The molecule has 1 saturated carbocycles. The predicted octanol–water partition coefficient (Wildman–Crippen LogP) is 3.88. The molecule has 1 aliphatic carbocycles. The molecule has 1 aromatic heterocycles. The number of hydrogen-bond donors (Lipinski definition) is 0. The Morgan fingerprint density at radius 1 is 1.00 bits per heavy atom. The molecule has 1 aliphatic heterocycles. The van der Waals surface area contributed by atoms with Crippen LogP contribution in [0.1, 0.15) is 46.0 Å². The van der Waals surface area contributed by atoms with Crippen molar-refractivity contribution in [1.29, 1.82) is 0 Å². The molecule has 2 heteroatoms. The highest BCUT2D eigenvalue weighted by Crippen LogP contribution is 2.50. The Morgan fingerprint density at radius 3 is 2.33 bits per heavy atom. The highest BCUT2D eigenvalue weighted by Gasteiger charge is 2.42. The van der Waals surface area contributed by atoms with Crippen LogP contribution in [0.4, 0.5) is 5.69 Å². The molecule has 2 nitrogen and oxygen atoms in total. The van der Waals surface area contributed by atoms with Crippen LogP contribution in [-0.2, 0) is 0 Å². The summed E-state index contributed by atoms with van der Waals surface area (Å²) in [6.45, 7) is 7.34. The minimum Gasteiger partial charge on any atom is -0.371 e. The molecule has 0 aromatic carbocycles. The van der Waals surface area contributed by atoms with Crippen molar-refractivity contribution in [1.82, 2.24) is 4.98 Å². The summed E-state index contributed by atoms with van der Waals surface area (Å²) in [6, 6.07) is 4.29. The van der Waals surface area contributed by atoms with E-state index in [1.807, 2.05) is 12.4 Å². The molecule has 1 aromatic rings. The van der Waals surface area contributed by atoms with E-state index in [1.54, 1.807) is 0 Å². The van der Waals surface area contributed by atoms with Crippen LogP contribution in [-0.4, -0.2) is 18.1 Å².